The minimum absolute atomic E-state index is 0.160. The number of hydrogen-bond donors (Lipinski definition) is 1. The summed E-state index contributed by atoms with van der Waals surface area (Å²) in [6, 6.07) is 3.87. The molecule has 0 spiro atoms. The van der Waals surface area contributed by atoms with Crippen LogP contribution >= 0.6 is 11.9 Å². The van der Waals surface area contributed by atoms with Gasteiger partial charge in [0.2, 0.25) is 0 Å². The summed E-state index contributed by atoms with van der Waals surface area (Å²) in [7, 11) is -1.42. The fourth-order valence-corrected chi connectivity index (χ4v) is 0.991. The molecule has 0 aliphatic rings. The Balaban J connectivity index is 2.89. The molecule has 0 aromatic heterocycles. The Hall–Kier alpha value is -0.715. The number of rotatable bonds is 2. The Morgan fingerprint density at radius 1 is 1.21 bits per heavy atom. The van der Waals surface area contributed by atoms with Crippen LogP contribution < -0.4 is 5.46 Å². The second-order valence-corrected chi connectivity index (χ2v) is 2.74. The summed E-state index contributed by atoms with van der Waals surface area (Å²) in [6.45, 7) is 0. The van der Waals surface area contributed by atoms with E-state index in [1.165, 1.54) is 0 Å². The van der Waals surface area contributed by atoms with Gasteiger partial charge in [-0.1, -0.05) is 24.3 Å². The Morgan fingerprint density at radius 3 is 2.07 bits per heavy atom. The van der Waals surface area contributed by atoms with Crippen molar-refractivity contribution in [1.29, 1.82) is 0 Å². The Labute approximate surface area is 83.6 Å². The fraction of sp³-hybridized carbons (Fsp3) is 0.143. The monoisotopic (exact) mass is 224 g/mol. The maximum atomic E-state index is 12.1. The Bertz CT molecular complexity index is 301. The smallest absolute Gasteiger partial charge is 0.422 e. The summed E-state index contributed by atoms with van der Waals surface area (Å²) in [5.41, 5.74) is -0.629. The predicted molar refractivity (Wildman–Crippen MR) is 46.0 cm³/mol. The highest BCUT2D eigenvalue weighted by atomic mass is 35.5. The largest absolute Gasteiger partial charge is 0.508 e. The minimum Gasteiger partial charge on any atom is -0.422 e. The molecule has 1 N–H and O–H groups in total. The van der Waals surface area contributed by atoms with Gasteiger partial charge in [0.25, 0.3) is 0 Å². The van der Waals surface area contributed by atoms with E-state index in [4.69, 9.17) is 16.9 Å². The van der Waals surface area contributed by atoms with Gasteiger partial charge in [0.1, 0.15) is 0 Å². The van der Waals surface area contributed by atoms with Crippen molar-refractivity contribution in [3.8, 4) is 0 Å². The molecule has 1 rings (SSSR count). The molecular weight excluding hydrogens is 219 g/mol. The molecule has 0 bridgehead atoms. The third-order valence-corrected chi connectivity index (χ3v) is 1.78. The molecule has 1 aromatic carbocycles. The van der Waals surface area contributed by atoms with Crippen molar-refractivity contribution in [2.24, 2.45) is 0 Å². The first-order valence-electron chi connectivity index (χ1n) is 3.58. The van der Waals surface area contributed by atoms with Crippen LogP contribution in [0.15, 0.2) is 24.3 Å². The third kappa shape index (κ3) is 2.63. The summed E-state index contributed by atoms with van der Waals surface area (Å²) in [6.07, 6.45) is -4.38. The SMILES string of the molecule is OB(OCl)c1ccc(C(F)(F)F)cc1. The van der Waals surface area contributed by atoms with Gasteiger partial charge >= 0.3 is 13.3 Å². The van der Waals surface area contributed by atoms with E-state index < -0.39 is 18.9 Å². The maximum absolute atomic E-state index is 12.1. The van der Waals surface area contributed by atoms with E-state index in [1.54, 1.807) is 0 Å². The van der Waals surface area contributed by atoms with Gasteiger partial charge in [0.15, 0.2) is 0 Å². The van der Waals surface area contributed by atoms with Crippen LogP contribution in [0.2, 0.25) is 0 Å². The zero-order chi connectivity index (χ0) is 10.8. The van der Waals surface area contributed by atoms with Crippen LogP contribution in [0.5, 0.6) is 0 Å². The standard InChI is InChI=1S/C7H5BClF3O2/c9-14-8(13)6-3-1-5(2-4-6)7(10,11)12/h1-4,13H. The van der Waals surface area contributed by atoms with Crippen LogP contribution in [-0.4, -0.2) is 12.1 Å². The van der Waals surface area contributed by atoms with Crippen molar-refractivity contribution in [3.63, 3.8) is 0 Å². The summed E-state index contributed by atoms with van der Waals surface area (Å²) in [5.74, 6) is 0. The van der Waals surface area contributed by atoms with Crippen LogP contribution in [0.4, 0.5) is 13.2 Å². The van der Waals surface area contributed by atoms with Crippen LogP contribution in [0.1, 0.15) is 5.56 Å². The molecule has 0 aliphatic carbocycles. The normalized spacial score (nSPS) is 11.5. The quantitative estimate of drug-likeness (QED) is 0.773. The average Bonchev–Trinajstić information content (AvgIpc) is 2.15. The summed E-state index contributed by atoms with van der Waals surface area (Å²) < 4.78 is 40.3. The number of halogens is 4. The number of hydrogen-bond acceptors (Lipinski definition) is 2. The molecule has 2 nitrogen and oxygen atoms in total. The van der Waals surface area contributed by atoms with E-state index >= 15 is 0 Å². The van der Waals surface area contributed by atoms with E-state index in [-0.39, 0.29) is 5.46 Å². The molecule has 0 heterocycles. The maximum Gasteiger partial charge on any atom is 0.508 e. The van der Waals surface area contributed by atoms with Gasteiger partial charge in [-0.15, -0.1) is 0 Å². The van der Waals surface area contributed by atoms with Crippen LogP contribution in [-0.2, 0) is 10.4 Å². The van der Waals surface area contributed by atoms with Crippen LogP contribution in [0.3, 0.4) is 0 Å². The highest BCUT2D eigenvalue weighted by molar-refractivity contribution is 6.63. The molecule has 76 valence electrons. The molecule has 7 heteroatoms. The van der Waals surface area contributed by atoms with Gasteiger partial charge < -0.3 is 9.23 Å². The van der Waals surface area contributed by atoms with Gasteiger partial charge in [-0.3, -0.25) is 0 Å². The third-order valence-electron chi connectivity index (χ3n) is 1.61. The number of benzene rings is 1. The lowest BCUT2D eigenvalue weighted by Gasteiger charge is -2.07. The summed E-state index contributed by atoms with van der Waals surface area (Å²) in [5, 5.41) is 8.99. The first kappa shape index (κ1) is 11.4. The molecule has 0 saturated carbocycles. The summed E-state index contributed by atoms with van der Waals surface area (Å²) >= 11 is 4.84. The minimum atomic E-state index is -4.38. The molecule has 0 amide bonds. The second kappa shape index (κ2) is 4.21. The first-order chi connectivity index (χ1) is 6.45. The van der Waals surface area contributed by atoms with Crippen LogP contribution in [0, 0.1) is 0 Å². The van der Waals surface area contributed by atoms with Gasteiger partial charge in [-0.25, -0.2) is 0 Å². The molecular formula is C7H5BClF3O2. The second-order valence-electron chi connectivity index (χ2n) is 2.56. The van der Waals surface area contributed by atoms with Gasteiger partial charge in [-0.05, 0) is 5.46 Å². The molecule has 0 unspecified atom stereocenters. The van der Waals surface area contributed by atoms with Gasteiger partial charge in [0, 0.05) is 11.9 Å². The first-order valence-corrected chi connectivity index (χ1v) is 3.88. The number of alkyl halides is 3. The lowest BCUT2D eigenvalue weighted by atomic mass is 9.80. The Kier molecular flexibility index (Phi) is 3.41. The van der Waals surface area contributed by atoms with Crippen molar-refractivity contribution >= 4 is 24.4 Å². The Morgan fingerprint density at radius 2 is 1.71 bits per heavy atom. The van der Waals surface area contributed by atoms with E-state index in [0.29, 0.717) is 0 Å². The lowest BCUT2D eigenvalue weighted by molar-refractivity contribution is -0.137. The average molecular weight is 224 g/mol. The highest BCUT2D eigenvalue weighted by Crippen LogP contribution is 2.28. The van der Waals surface area contributed by atoms with Crippen molar-refractivity contribution in [2.45, 2.75) is 6.18 Å². The molecule has 0 fully saturated rings. The predicted octanol–water partition coefficient (Wildman–Crippen LogP) is 1.56. The zero-order valence-electron chi connectivity index (χ0n) is 6.75. The summed E-state index contributed by atoms with van der Waals surface area (Å²) in [4.78, 5) is 0. The molecule has 14 heavy (non-hydrogen) atoms. The van der Waals surface area contributed by atoms with Gasteiger partial charge in [-0.2, -0.15) is 13.2 Å². The van der Waals surface area contributed by atoms with E-state index in [2.05, 4.69) is 4.21 Å². The van der Waals surface area contributed by atoms with E-state index in [1.807, 2.05) is 0 Å². The fourth-order valence-electron chi connectivity index (χ4n) is 0.888. The molecule has 0 aliphatic heterocycles. The molecule has 0 radical (unpaired) electrons. The van der Waals surface area contributed by atoms with Crippen LogP contribution in [0.25, 0.3) is 0 Å². The zero-order valence-corrected chi connectivity index (χ0v) is 7.51. The van der Waals surface area contributed by atoms with E-state index in [0.717, 1.165) is 24.3 Å². The van der Waals surface area contributed by atoms with Crippen molar-refractivity contribution in [2.75, 3.05) is 0 Å². The van der Waals surface area contributed by atoms with Crippen molar-refractivity contribution in [3.05, 3.63) is 29.8 Å². The molecule has 0 saturated heterocycles. The van der Waals surface area contributed by atoms with Gasteiger partial charge in [0.05, 0.1) is 5.56 Å². The topological polar surface area (TPSA) is 29.5 Å². The van der Waals surface area contributed by atoms with E-state index in [9.17, 15) is 13.2 Å². The van der Waals surface area contributed by atoms with Crippen molar-refractivity contribution in [1.82, 2.24) is 0 Å². The highest BCUT2D eigenvalue weighted by Gasteiger charge is 2.30. The molecule has 0 atom stereocenters. The molecule has 1 aromatic rings. The lowest BCUT2D eigenvalue weighted by Crippen LogP contribution is -2.30. The van der Waals surface area contributed by atoms with Crippen molar-refractivity contribution < 1.29 is 22.4 Å².